The Bertz CT molecular complexity index is 283. The third-order valence-electron chi connectivity index (χ3n) is 1.55. The standard InChI is InChI=1S/C9H8O.Cu.H3N.Nb.Ni/c1-2-6-9-8(4-1)5-3-7-10-9;;;;/h1-6H,7H2;;1H3;;. The van der Waals surface area contributed by atoms with Gasteiger partial charge in [0.05, 0.1) is 0 Å². The molecule has 2 rings (SSSR count). The molecular formula is C9H11CuNNbNiO. The first-order valence-electron chi connectivity index (χ1n) is 3.35. The van der Waals surface area contributed by atoms with Crippen molar-refractivity contribution in [3.8, 4) is 5.75 Å². The number of rotatable bonds is 0. The second-order valence-electron chi connectivity index (χ2n) is 2.25. The quantitative estimate of drug-likeness (QED) is 0.718. The summed E-state index contributed by atoms with van der Waals surface area (Å²) in [5.74, 6) is 0.991. The van der Waals surface area contributed by atoms with Crippen LogP contribution in [0.5, 0.6) is 5.75 Å². The van der Waals surface area contributed by atoms with Gasteiger partial charge in [-0.3, -0.25) is 0 Å². The predicted molar refractivity (Wildman–Crippen MR) is 46.0 cm³/mol. The van der Waals surface area contributed by atoms with Crippen LogP contribution in [0.15, 0.2) is 30.3 Å². The minimum Gasteiger partial charge on any atom is -0.489 e. The van der Waals surface area contributed by atoms with E-state index in [4.69, 9.17) is 4.74 Å². The van der Waals surface area contributed by atoms with Gasteiger partial charge < -0.3 is 10.9 Å². The van der Waals surface area contributed by atoms with Crippen LogP contribution in [0.25, 0.3) is 6.08 Å². The molecule has 5 heteroatoms. The molecule has 1 aliphatic rings. The molecule has 0 fully saturated rings. The molecule has 0 amide bonds. The molecule has 0 unspecified atom stereocenters. The summed E-state index contributed by atoms with van der Waals surface area (Å²) in [5.41, 5.74) is 1.17. The van der Waals surface area contributed by atoms with Crippen LogP contribution in [0.1, 0.15) is 5.56 Å². The Kier molecular flexibility index (Phi) is 14.3. The summed E-state index contributed by atoms with van der Waals surface area (Å²) in [6.45, 7) is 0.705. The molecule has 3 N–H and O–H groups in total. The van der Waals surface area contributed by atoms with E-state index in [2.05, 4.69) is 6.08 Å². The predicted octanol–water partition coefficient (Wildman–Crippen LogP) is 2.25. The summed E-state index contributed by atoms with van der Waals surface area (Å²) < 4.78 is 5.34. The van der Waals surface area contributed by atoms with Crippen molar-refractivity contribution < 1.29 is 60.7 Å². The van der Waals surface area contributed by atoms with Gasteiger partial charge in [0.2, 0.25) is 0 Å². The topological polar surface area (TPSA) is 44.2 Å². The minimum atomic E-state index is 0. The van der Waals surface area contributed by atoms with Crippen molar-refractivity contribution in [1.82, 2.24) is 6.15 Å². The van der Waals surface area contributed by atoms with Gasteiger partial charge in [-0.2, -0.15) is 0 Å². The second kappa shape index (κ2) is 10.0. The monoisotopic (exact) mass is 363 g/mol. The fraction of sp³-hybridized carbons (Fsp3) is 0.111. The van der Waals surface area contributed by atoms with Crippen molar-refractivity contribution >= 4 is 6.08 Å². The molecule has 1 aliphatic heterocycles. The van der Waals surface area contributed by atoms with E-state index in [0.717, 1.165) is 5.75 Å². The van der Waals surface area contributed by atoms with Crippen molar-refractivity contribution in [2.24, 2.45) is 0 Å². The van der Waals surface area contributed by atoms with Crippen LogP contribution in [0.4, 0.5) is 0 Å². The number of benzene rings is 1. The molecule has 0 aliphatic carbocycles. The summed E-state index contributed by atoms with van der Waals surface area (Å²) in [5, 5.41) is 0. The first-order chi connectivity index (χ1) is 4.97. The summed E-state index contributed by atoms with van der Waals surface area (Å²) in [6.07, 6.45) is 4.10. The van der Waals surface area contributed by atoms with Gasteiger partial charge in [0, 0.05) is 61.5 Å². The molecule has 84 valence electrons. The van der Waals surface area contributed by atoms with E-state index >= 15 is 0 Å². The molecule has 0 saturated carbocycles. The summed E-state index contributed by atoms with van der Waals surface area (Å²) in [4.78, 5) is 0. The molecule has 2 nitrogen and oxygen atoms in total. The Morgan fingerprint density at radius 3 is 2.43 bits per heavy atom. The first-order valence-corrected chi connectivity index (χ1v) is 3.35. The smallest absolute Gasteiger partial charge is 0.126 e. The number of hydrogen-bond donors (Lipinski definition) is 1. The van der Waals surface area contributed by atoms with Crippen molar-refractivity contribution in [1.29, 1.82) is 0 Å². The average molecular weight is 364 g/mol. The van der Waals surface area contributed by atoms with Gasteiger partial charge in [-0.25, -0.2) is 0 Å². The van der Waals surface area contributed by atoms with Gasteiger partial charge >= 0.3 is 0 Å². The number of ether oxygens (including phenoxy) is 1. The van der Waals surface area contributed by atoms with Gasteiger partial charge in [0.1, 0.15) is 12.4 Å². The van der Waals surface area contributed by atoms with Crippen molar-refractivity contribution in [3.05, 3.63) is 35.9 Å². The maximum Gasteiger partial charge on any atom is 0.126 e. The first kappa shape index (κ1) is 20.0. The normalized spacial score (nSPS) is 10.0. The van der Waals surface area contributed by atoms with Gasteiger partial charge in [0.25, 0.3) is 0 Å². The van der Waals surface area contributed by atoms with E-state index in [1.807, 2.05) is 30.3 Å². The SMILES string of the molecule is C1=Cc2ccccc2OC1.N.[Cu].[Nb].[Ni]. The molecular weight excluding hydrogens is 353 g/mol. The molecule has 0 atom stereocenters. The maximum absolute atomic E-state index is 5.34. The number of hydrogen-bond acceptors (Lipinski definition) is 2. The fourth-order valence-electron chi connectivity index (χ4n) is 1.06. The molecule has 0 bridgehead atoms. The Hall–Kier alpha value is 0.473. The molecule has 1 aromatic rings. The fourth-order valence-corrected chi connectivity index (χ4v) is 1.06. The van der Waals surface area contributed by atoms with Crippen LogP contribution >= 0.6 is 0 Å². The van der Waals surface area contributed by atoms with E-state index in [1.54, 1.807) is 0 Å². The van der Waals surface area contributed by atoms with Gasteiger partial charge in [0.15, 0.2) is 0 Å². The molecule has 1 aromatic carbocycles. The summed E-state index contributed by atoms with van der Waals surface area (Å²) >= 11 is 0. The van der Waals surface area contributed by atoms with Crippen molar-refractivity contribution in [2.75, 3.05) is 6.61 Å². The van der Waals surface area contributed by atoms with E-state index in [1.165, 1.54) is 5.56 Å². The van der Waals surface area contributed by atoms with Crippen LogP contribution in [-0.2, 0) is 55.9 Å². The number of fused-ring (bicyclic) bond motifs is 1. The Balaban J connectivity index is -0.000000302. The maximum atomic E-state index is 5.34. The largest absolute Gasteiger partial charge is 0.489 e. The molecule has 14 heavy (non-hydrogen) atoms. The van der Waals surface area contributed by atoms with E-state index < -0.39 is 0 Å². The third kappa shape index (κ3) is 4.81. The zero-order chi connectivity index (χ0) is 6.81. The molecule has 0 aromatic heterocycles. The molecule has 1 heterocycles. The Morgan fingerprint density at radius 1 is 1.14 bits per heavy atom. The van der Waals surface area contributed by atoms with Gasteiger partial charge in [-0.05, 0) is 12.1 Å². The average Bonchev–Trinajstić information content (AvgIpc) is 2.05. The van der Waals surface area contributed by atoms with Crippen molar-refractivity contribution in [2.45, 2.75) is 0 Å². The third-order valence-corrected chi connectivity index (χ3v) is 1.55. The second-order valence-corrected chi connectivity index (χ2v) is 2.25. The molecule has 0 saturated heterocycles. The van der Waals surface area contributed by atoms with E-state index in [9.17, 15) is 0 Å². The zero-order valence-corrected chi connectivity index (χ0v) is 11.5. The van der Waals surface area contributed by atoms with E-state index in [-0.39, 0.29) is 62.1 Å². The minimum absolute atomic E-state index is 0. The van der Waals surface area contributed by atoms with Crippen LogP contribution in [0, 0.1) is 0 Å². The van der Waals surface area contributed by atoms with Crippen molar-refractivity contribution in [3.63, 3.8) is 0 Å². The van der Waals surface area contributed by atoms with Gasteiger partial charge in [-0.15, -0.1) is 0 Å². The molecule has 2 radical (unpaired) electrons. The summed E-state index contributed by atoms with van der Waals surface area (Å²) in [6, 6.07) is 8.03. The van der Waals surface area contributed by atoms with Crippen LogP contribution in [-0.4, -0.2) is 6.61 Å². The van der Waals surface area contributed by atoms with Crippen LogP contribution < -0.4 is 10.9 Å². The van der Waals surface area contributed by atoms with E-state index in [0.29, 0.717) is 6.61 Å². The number of para-hydroxylation sites is 1. The molecule has 0 spiro atoms. The van der Waals surface area contributed by atoms with Gasteiger partial charge in [-0.1, -0.05) is 24.3 Å². The summed E-state index contributed by atoms with van der Waals surface area (Å²) in [7, 11) is 0. The van der Waals surface area contributed by atoms with Crippen LogP contribution in [0.2, 0.25) is 0 Å². The van der Waals surface area contributed by atoms with Crippen LogP contribution in [0.3, 0.4) is 0 Å². The zero-order valence-electron chi connectivity index (χ0n) is 7.35. The Morgan fingerprint density at radius 2 is 1.79 bits per heavy atom. The Labute approximate surface area is 120 Å².